The summed E-state index contributed by atoms with van der Waals surface area (Å²) in [6.45, 7) is 3.74. The lowest BCUT2D eigenvalue weighted by atomic mass is 10.1. The summed E-state index contributed by atoms with van der Waals surface area (Å²) < 4.78 is 30.6. The number of fused-ring (bicyclic) bond motifs is 1. The van der Waals surface area contributed by atoms with Crippen LogP contribution in [0, 0.1) is 6.92 Å². The highest BCUT2D eigenvalue weighted by molar-refractivity contribution is 7.92. The number of sulfonamides is 1. The Hall–Kier alpha value is -3.63. The van der Waals surface area contributed by atoms with E-state index in [-0.39, 0.29) is 16.5 Å². The van der Waals surface area contributed by atoms with Crippen molar-refractivity contribution in [3.05, 3.63) is 86.8 Å². The summed E-state index contributed by atoms with van der Waals surface area (Å²) in [5.74, 6) is -0.0150. The Morgan fingerprint density at radius 1 is 0.944 bits per heavy atom. The Morgan fingerprint density at radius 3 is 2.31 bits per heavy atom. The van der Waals surface area contributed by atoms with Gasteiger partial charge in [-0.25, -0.2) is 8.42 Å². The fourth-order valence-electron chi connectivity index (χ4n) is 4.50. The minimum absolute atomic E-state index is 0.00908. The minimum Gasteiger partial charge on any atom is -0.366 e. The van der Waals surface area contributed by atoms with Crippen LogP contribution in [-0.4, -0.2) is 50.0 Å². The van der Waals surface area contributed by atoms with E-state index in [0.29, 0.717) is 42.3 Å². The van der Waals surface area contributed by atoms with Crippen LogP contribution in [0.4, 0.5) is 11.4 Å². The lowest BCUT2D eigenvalue weighted by Crippen LogP contribution is -2.49. The number of hydrogen-bond acceptors (Lipinski definition) is 6. The molecule has 186 valence electrons. The summed E-state index contributed by atoms with van der Waals surface area (Å²) in [5.41, 5.74) is 1.75. The first-order valence-electron chi connectivity index (χ1n) is 11.6. The van der Waals surface area contributed by atoms with Crippen molar-refractivity contribution < 1.29 is 13.2 Å². The van der Waals surface area contributed by atoms with Gasteiger partial charge < -0.3 is 14.4 Å². The summed E-state index contributed by atoms with van der Waals surface area (Å²) in [5, 5.41) is 2.64. The standard InChI is InChI=1S/C26H26N4O4S2/c1-18-9-11-19(12-10-18)36(33,34)27-23-24(20-6-3-4-7-21(20)28(2)26(23)32)29-13-15-30(16-14-29)25(31)22-8-5-17-35-22/h3-12,17,27H,13-16H2,1-2H3. The molecule has 1 fully saturated rings. The van der Waals surface area contributed by atoms with E-state index in [9.17, 15) is 18.0 Å². The topological polar surface area (TPSA) is 91.7 Å². The van der Waals surface area contributed by atoms with E-state index in [1.165, 1.54) is 28.0 Å². The molecule has 5 rings (SSSR count). The molecule has 1 amide bonds. The van der Waals surface area contributed by atoms with Crippen LogP contribution >= 0.6 is 11.3 Å². The van der Waals surface area contributed by atoms with E-state index in [1.54, 1.807) is 24.1 Å². The number of carbonyl (C=O) groups is 1. The molecule has 0 unspecified atom stereocenters. The number of amides is 1. The second kappa shape index (κ2) is 9.44. The largest absolute Gasteiger partial charge is 0.366 e. The van der Waals surface area contributed by atoms with E-state index in [4.69, 9.17) is 0 Å². The maximum Gasteiger partial charge on any atom is 0.277 e. The molecule has 1 aliphatic heterocycles. The van der Waals surface area contributed by atoms with Gasteiger partial charge in [-0.3, -0.25) is 14.3 Å². The van der Waals surface area contributed by atoms with Gasteiger partial charge in [-0.1, -0.05) is 42.0 Å². The van der Waals surface area contributed by atoms with Gasteiger partial charge in [-0.2, -0.15) is 0 Å². The first kappa shape index (κ1) is 24.1. The molecule has 0 aliphatic carbocycles. The third-order valence-corrected chi connectivity index (χ3v) is 8.68. The number of benzene rings is 2. The summed E-state index contributed by atoms with van der Waals surface area (Å²) in [7, 11) is -2.37. The number of aromatic nitrogens is 1. The monoisotopic (exact) mass is 522 g/mol. The molecule has 0 saturated carbocycles. The van der Waals surface area contributed by atoms with E-state index < -0.39 is 15.6 Å². The number of thiophene rings is 1. The molecule has 0 spiro atoms. The van der Waals surface area contributed by atoms with Gasteiger partial charge in [0.05, 0.1) is 21.0 Å². The maximum atomic E-state index is 13.5. The highest BCUT2D eigenvalue weighted by atomic mass is 32.2. The van der Waals surface area contributed by atoms with Crippen LogP contribution in [0.15, 0.2) is 75.7 Å². The summed E-state index contributed by atoms with van der Waals surface area (Å²) in [6.07, 6.45) is 0. The van der Waals surface area contributed by atoms with E-state index in [1.807, 2.05) is 53.6 Å². The quantitative estimate of drug-likeness (QED) is 0.432. The Labute approximate surface area is 213 Å². The zero-order chi connectivity index (χ0) is 25.4. The highest BCUT2D eigenvalue weighted by Crippen LogP contribution is 2.34. The molecule has 3 heterocycles. The number of para-hydroxylation sites is 1. The van der Waals surface area contributed by atoms with E-state index in [2.05, 4.69) is 4.72 Å². The van der Waals surface area contributed by atoms with Crippen LogP contribution in [0.1, 0.15) is 15.2 Å². The Kier molecular flexibility index (Phi) is 6.31. The molecule has 0 bridgehead atoms. The number of nitrogens with one attached hydrogen (secondary N) is 1. The van der Waals surface area contributed by atoms with Crippen molar-refractivity contribution >= 4 is 49.5 Å². The van der Waals surface area contributed by atoms with Gasteiger partial charge in [0.2, 0.25) is 0 Å². The minimum atomic E-state index is -4.01. The number of anilines is 2. The molecular weight excluding hydrogens is 496 g/mol. The van der Waals surface area contributed by atoms with Crippen molar-refractivity contribution in [1.29, 1.82) is 0 Å². The third-order valence-electron chi connectivity index (χ3n) is 6.46. The molecule has 4 aromatic rings. The second-order valence-corrected chi connectivity index (χ2v) is 11.4. The molecule has 1 saturated heterocycles. The van der Waals surface area contributed by atoms with Crippen LogP contribution in [0.3, 0.4) is 0 Å². The zero-order valence-corrected chi connectivity index (χ0v) is 21.6. The molecule has 36 heavy (non-hydrogen) atoms. The van der Waals surface area contributed by atoms with E-state index >= 15 is 0 Å². The van der Waals surface area contributed by atoms with Gasteiger partial charge in [0.25, 0.3) is 21.5 Å². The average Bonchev–Trinajstić information content (AvgIpc) is 3.42. The number of nitrogens with zero attached hydrogens (tertiary/aromatic N) is 3. The maximum absolute atomic E-state index is 13.5. The van der Waals surface area contributed by atoms with Gasteiger partial charge in [0.1, 0.15) is 5.69 Å². The fourth-order valence-corrected chi connectivity index (χ4v) is 6.26. The SMILES string of the molecule is Cc1ccc(S(=O)(=O)Nc2c(N3CCN(C(=O)c4cccs4)CC3)c3ccccc3n(C)c2=O)cc1. The lowest BCUT2D eigenvalue weighted by molar-refractivity contribution is 0.0752. The molecular formula is C26H26N4O4S2. The highest BCUT2D eigenvalue weighted by Gasteiger charge is 2.29. The van der Waals surface area contributed by atoms with Crippen molar-refractivity contribution in [3.63, 3.8) is 0 Å². The third kappa shape index (κ3) is 4.38. The molecule has 0 radical (unpaired) electrons. The van der Waals surface area contributed by atoms with Crippen LogP contribution < -0.4 is 15.2 Å². The number of piperazine rings is 1. The summed E-state index contributed by atoms with van der Waals surface area (Å²) in [4.78, 5) is 30.9. The molecule has 1 N–H and O–H groups in total. The van der Waals surface area contributed by atoms with Gasteiger partial charge in [0, 0.05) is 38.6 Å². The number of aryl methyl sites for hydroxylation is 2. The Balaban J connectivity index is 1.55. The molecule has 8 nitrogen and oxygen atoms in total. The van der Waals surface area contributed by atoms with Gasteiger partial charge >= 0.3 is 0 Å². The predicted octanol–water partition coefficient (Wildman–Crippen LogP) is 3.67. The summed E-state index contributed by atoms with van der Waals surface area (Å²) >= 11 is 1.41. The second-order valence-electron chi connectivity index (χ2n) is 8.78. The van der Waals surface area contributed by atoms with Crippen LogP contribution in [0.25, 0.3) is 10.9 Å². The Bertz CT molecular complexity index is 1590. The molecule has 2 aromatic carbocycles. The van der Waals surface area contributed by atoms with Gasteiger partial charge in [0.15, 0.2) is 0 Å². The van der Waals surface area contributed by atoms with E-state index in [0.717, 1.165) is 10.9 Å². The first-order valence-corrected chi connectivity index (χ1v) is 13.9. The van der Waals surface area contributed by atoms with Crippen molar-refractivity contribution in [1.82, 2.24) is 9.47 Å². The molecule has 10 heteroatoms. The predicted molar refractivity (Wildman–Crippen MR) is 144 cm³/mol. The van der Waals surface area contributed by atoms with Crippen molar-refractivity contribution in [2.24, 2.45) is 7.05 Å². The first-order chi connectivity index (χ1) is 17.3. The van der Waals surface area contributed by atoms with Crippen LogP contribution in [0.2, 0.25) is 0 Å². The summed E-state index contributed by atoms with van der Waals surface area (Å²) in [6, 6.07) is 17.6. The number of carbonyl (C=O) groups excluding carboxylic acids is 1. The number of rotatable bonds is 5. The van der Waals surface area contributed by atoms with Gasteiger partial charge in [-0.15, -0.1) is 11.3 Å². The fraction of sp³-hybridized carbons (Fsp3) is 0.231. The van der Waals surface area contributed by atoms with Crippen LogP contribution in [0.5, 0.6) is 0 Å². The average molecular weight is 523 g/mol. The smallest absolute Gasteiger partial charge is 0.277 e. The normalized spacial score (nSPS) is 14.3. The molecule has 2 aromatic heterocycles. The van der Waals surface area contributed by atoms with Crippen molar-refractivity contribution in [3.8, 4) is 0 Å². The van der Waals surface area contributed by atoms with Gasteiger partial charge in [-0.05, 0) is 36.6 Å². The Morgan fingerprint density at radius 2 is 1.64 bits per heavy atom. The molecule has 1 aliphatic rings. The van der Waals surface area contributed by atoms with Crippen LogP contribution in [-0.2, 0) is 17.1 Å². The van der Waals surface area contributed by atoms with Crippen molar-refractivity contribution in [2.45, 2.75) is 11.8 Å². The zero-order valence-electron chi connectivity index (χ0n) is 20.0. The number of pyridine rings is 1. The number of hydrogen-bond donors (Lipinski definition) is 1. The lowest BCUT2D eigenvalue weighted by Gasteiger charge is -2.37. The molecule has 0 atom stereocenters. The van der Waals surface area contributed by atoms with Crippen molar-refractivity contribution in [2.75, 3.05) is 35.8 Å².